The number of nitrogens with zero attached hydrogens (tertiary/aromatic N) is 1. The molecular formula is C46H31NO2. The first-order valence-electron chi connectivity index (χ1n) is 16.8. The Bertz CT molecular complexity index is 2590. The van der Waals surface area contributed by atoms with Gasteiger partial charge in [-0.2, -0.15) is 0 Å². The van der Waals surface area contributed by atoms with Crippen LogP contribution in [0.5, 0.6) is 5.75 Å². The molecule has 0 N–H and O–H groups in total. The molecule has 0 saturated heterocycles. The van der Waals surface area contributed by atoms with Gasteiger partial charge in [-0.15, -0.1) is 0 Å². The molecule has 3 nitrogen and oxygen atoms in total. The van der Waals surface area contributed by atoms with E-state index in [9.17, 15) is 0 Å². The molecule has 232 valence electrons. The van der Waals surface area contributed by atoms with Crippen LogP contribution < -0.4 is 9.64 Å². The third-order valence-electron chi connectivity index (χ3n) is 10.0. The van der Waals surface area contributed by atoms with Gasteiger partial charge in [0, 0.05) is 28.1 Å². The molecule has 1 aliphatic carbocycles. The van der Waals surface area contributed by atoms with Crippen LogP contribution in [-0.4, -0.2) is 6.10 Å². The highest BCUT2D eigenvalue weighted by Crippen LogP contribution is 2.50. The summed E-state index contributed by atoms with van der Waals surface area (Å²) in [6.45, 7) is 0. The summed E-state index contributed by atoms with van der Waals surface area (Å²) in [6, 6.07) is 55.8. The second kappa shape index (κ2) is 11.1. The highest BCUT2D eigenvalue weighted by atomic mass is 16.5. The van der Waals surface area contributed by atoms with E-state index in [1.807, 2.05) is 6.07 Å². The lowest BCUT2D eigenvalue weighted by molar-refractivity contribution is 0.253. The zero-order chi connectivity index (χ0) is 32.3. The van der Waals surface area contributed by atoms with E-state index in [4.69, 9.17) is 9.15 Å². The van der Waals surface area contributed by atoms with Crippen LogP contribution in [0, 0.1) is 0 Å². The number of benzene rings is 7. The minimum absolute atomic E-state index is 0.119. The second-order valence-corrected chi connectivity index (χ2v) is 12.8. The fraction of sp³-hybridized carbons (Fsp3) is 0.0435. The van der Waals surface area contributed by atoms with Crippen molar-refractivity contribution in [1.29, 1.82) is 0 Å². The summed E-state index contributed by atoms with van der Waals surface area (Å²) in [5, 5.41) is 4.65. The third kappa shape index (κ3) is 4.43. The van der Waals surface area contributed by atoms with Crippen molar-refractivity contribution in [2.75, 3.05) is 4.90 Å². The molecule has 0 spiro atoms. The van der Waals surface area contributed by atoms with E-state index in [0.717, 1.165) is 55.9 Å². The molecule has 1 aliphatic heterocycles. The van der Waals surface area contributed by atoms with Crippen molar-refractivity contribution in [3.63, 3.8) is 0 Å². The first kappa shape index (κ1) is 27.8. The average Bonchev–Trinajstić information content (AvgIpc) is 3.75. The predicted octanol–water partition coefficient (Wildman–Crippen LogP) is 12.2. The third-order valence-corrected chi connectivity index (χ3v) is 10.0. The van der Waals surface area contributed by atoms with E-state index >= 15 is 0 Å². The minimum Gasteiger partial charge on any atom is -0.483 e. The van der Waals surface area contributed by atoms with E-state index < -0.39 is 0 Å². The fourth-order valence-electron chi connectivity index (χ4n) is 7.79. The topological polar surface area (TPSA) is 25.6 Å². The minimum atomic E-state index is -0.179. The molecule has 2 unspecified atom stereocenters. The number of ether oxygens (including phenoxy) is 1. The molecule has 1 aromatic heterocycles. The molecule has 2 atom stereocenters. The lowest BCUT2D eigenvalue weighted by Gasteiger charge is -2.34. The van der Waals surface area contributed by atoms with Crippen LogP contribution >= 0.6 is 0 Å². The van der Waals surface area contributed by atoms with Crippen LogP contribution in [0.1, 0.15) is 11.5 Å². The van der Waals surface area contributed by atoms with Crippen LogP contribution in [-0.2, 0) is 0 Å². The standard InChI is InChI=1S/C46H31NO2/c1-2-12-31(13-3-1)36-28-29-40(44-39-18-7-9-23-43(39)49-46(36)44)47(41-21-11-20-38-37-17-6-8-22-42(37)48-45(38)41)33-26-24-32(25-27-33)35-19-10-15-30-14-4-5-16-34(30)35/h1-29,38,45H. The molecule has 10 rings (SSSR count). The lowest BCUT2D eigenvalue weighted by atomic mass is 9.89. The molecule has 0 amide bonds. The number of para-hydroxylation sites is 2. The van der Waals surface area contributed by atoms with Crippen LogP contribution in [0.3, 0.4) is 0 Å². The highest BCUT2D eigenvalue weighted by Gasteiger charge is 2.39. The maximum absolute atomic E-state index is 6.78. The van der Waals surface area contributed by atoms with Crippen molar-refractivity contribution in [2.45, 2.75) is 12.0 Å². The molecular weight excluding hydrogens is 599 g/mol. The summed E-state index contributed by atoms with van der Waals surface area (Å²) in [4.78, 5) is 2.39. The summed E-state index contributed by atoms with van der Waals surface area (Å²) >= 11 is 0. The van der Waals surface area contributed by atoms with Gasteiger partial charge in [-0.3, -0.25) is 0 Å². The quantitative estimate of drug-likeness (QED) is 0.189. The zero-order valence-corrected chi connectivity index (χ0v) is 26.7. The first-order chi connectivity index (χ1) is 24.3. The van der Waals surface area contributed by atoms with Crippen molar-refractivity contribution in [2.24, 2.45) is 0 Å². The Kier molecular flexibility index (Phi) is 6.31. The number of hydrogen-bond acceptors (Lipinski definition) is 3. The number of anilines is 2. The number of rotatable bonds is 5. The molecule has 49 heavy (non-hydrogen) atoms. The summed E-state index contributed by atoms with van der Waals surface area (Å²) in [6.07, 6.45) is 6.48. The van der Waals surface area contributed by atoms with Gasteiger partial charge in [0.2, 0.25) is 0 Å². The lowest BCUT2D eigenvalue weighted by Crippen LogP contribution is -2.32. The molecule has 3 heteroatoms. The van der Waals surface area contributed by atoms with Crippen molar-refractivity contribution in [3.05, 3.63) is 187 Å². The molecule has 8 aromatic rings. The van der Waals surface area contributed by atoms with E-state index in [1.165, 1.54) is 27.5 Å². The average molecular weight is 630 g/mol. The van der Waals surface area contributed by atoms with Crippen molar-refractivity contribution in [1.82, 2.24) is 0 Å². The van der Waals surface area contributed by atoms with Gasteiger partial charge in [0.1, 0.15) is 23.0 Å². The van der Waals surface area contributed by atoms with Gasteiger partial charge in [-0.05, 0) is 69.9 Å². The second-order valence-electron chi connectivity index (χ2n) is 12.8. The van der Waals surface area contributed by atoms with Gasteiger partial charge in [0.25, 0.3) is 0 Å². The van der Waals surface area contributed by atoms with Gasteiger partial charge in [-0.25, -0.2) is 0 Å². The van der Waals surface area contributed by atoms with Gasteiger partial charge in [0.15, 0.2) is 0 Å². The van der Waals surface area contributed by atoms with Crippen molar-refractivity contribution in [3.8, 4) is 28.0 Å². The van der Waals surface area contributed by atoms with Crippen molar-refractivity contribution >= 4 is 44.1 Å². The Hall–Kier alpha value is -6.32. The summed E-state index contributed by atoms with van der Waals surface area (Å²) < 4.78 is 13.5. The maximum atomic E-state index is 6.78. The number of furan rings is 1. The monoisotopic (exact) mass is 629 g/mol. The van der Waals surface area contributed by atoms with Crippen LogP contribution in [0.15, 0.2) is 186 Å². The highest BCUT2D eigenvalue weighted by molar-refractivity contribution is 6.16. The van der Waals surface area contributed by atoms with Gasteiger partial charge in [0.05, 0.1) is 16.8 Å². The molecule has 0 bridgehead atoms. The van der Waals surface area contributed by atoms with Gasteiger partial charge in [-0.1, -0.05) is 133 Å². The van der Waals surface area contributed by atoms with E-state index in [1.54, 1.807) is 0 Å². The van der Waals surface area contributed by atoms with Crippen LogP contribution in [0.25, 0.3) is 55.0 Å². The maximum Gasteiger partial charge on any atom is 0.149 e. The number of allylic oxidation sites excluding steroid dienone is 2. The normalized spacial score (nSPS) is 16.4. The first-order valence-corrected chi connectivity index (χ1v) is 16.8. The molecule has 7 aromatic carbocycles. The van der Waals surface area contributed by atoms with E-state index in [0.29, 0.717) is 0 Å². The summed E-state index contributed by atoms with van der Waals surface area (Å²) in [5.74, 6) is 1.06. The van der Waals surface area contributed by atoms with Crippen LogP contribution in [0.2, 0.25) is 0 Å². The number of fused-ring (bicyclic) bond motifs is 7. The van der Waals surface area contributed by atoms with Gasteiger partial charge >= 0.3 is 0 Å². The molecule has 0 saturated carbocycles. The van der Waals surface area contributed by atoms with E-state index in [2.05, 4.69) is 175 Å². The van der Waals surface area contributed by atoms with Gasteiger partial charge < -0.3 is 14.1 Å². The number of hydrogen-bond donors (Lipinski definition) is 0. The Balaban J connectivity index is 1.19. The summed E-state index contributed by atoms with van der Waals surface area (Å²) in [5.41, 5.74) is 10.8. The molecule has 2 heterocycles. The Labute approximate surface area is 284 Å². The van der Waals surface area contributed by atoms with E-state index in [-0.39, 0.29) is 12.0 Å². The summed E-state index contributed by atoms with van der Waals surface area (Å²) in [7, 11) is 0. The molecule has 2 aliphatic rings. The predicted molar refractivity (Wildman–Crippen MR) is 202 cm³/mol. The van der Waals surface area contributed by atoms with Crippen LogP contribution in [0.4, 0.5) is 11.4 Å². The fourth-order valence-corrected chi connectivity index (χ4v) is 7.79. The van der Waals surface area contributed by atoms with Crippen molar-refractivity contribution < 1.29 is 9.15 Å². The Morgan fingerprint density at radius 2 is 1.29 bits per heavy atom. The molecule has 0 fully saturated rings. The molecule has 0 radical (unpaired) electrons. The largest absolute Gasteiger partial charge is 0.483 e. The Morgan fingerprint density at radius 3 is 2.18 bits per heavy atom. The SMILES string of the molecule is C1=CC2c3ccccc3OC2C(N(c2ccc(-c3cccc4ccccc34)cc2)c2ccc(-c3ccccc3)c3oc4ccccc4c23)=C1. The smallest absolute Gasteiger partial charge is 0.149 e. The zero-order valence-electron chi connectivity index (χ0n) is 26.7. The Morgan fingerprint density at radius 1 is 0.551 bits per heavy atom.